The van der Waals surface area contributed by atoms with Crippen molar-refractivity contribution in [1.82, 2.24) is 5.32 Å². The number of esters is 2. The molecule has 1 heterocycles. The monoisotopic (exact) mass is 273 g/mol. The van der Waals surface area contributed by atoms with E-state index in [0.717, 1.165) is 0 Å². The number of ether oxygens (including phenoxy) is 3. The molecular formula is C12H19NO6. The first kappa shape index (κ1) is 15.3. The highest BCUT2D eigenvalue weighted by atomic mass is 16.6. The molecule has 0 bridgehead atoms. The minimum absolute atomic E-state index is 0.00638. The van der Waals surface area contributed by atoms with Crippen LogP contribution in [0.4, 0.5) is 4.79 Å². The SMILES string of the molecule is CC(=O)OC[C@H]1C[C@H](NC(=O)OC(C)(C)C)C(=O)O1. The zero-order valence-corrected chi connectivity index (χ0v) is 11.5. The Kier molecular flexibility index (Phi) is 4.74. The molecule has 19 heavy (non-hydrogen) atoms. The average Bonchev–Trinajstić information content (AvgIpc) is 2.54. The molecule has 0 radical (unpaired) electrons. The molecule has 1 aliphatic rings. The highest BCUT2D eigenvalue weighted by Crippen LogP contribution is 2.16. The van der Waals surface area contributed by atoms with Crippen molar-refractivity contribution >= 4 is 18.0 Å². The molecule has 1 rings (SSSR count). The molecule has 7 heteroatoms. The number of rotatable bonds is 3. The van der Waals surface area contributed by atoms with Crippen LogP contribution in [0.1, 0.15) is 34.1 Å². The highest BCUT2D eigenvalue weighted by Gasteiger charge is 2.36. The molecule has 7 nitrogen and oxygen atoms in total. The first-order chi connectivity index (χ1) is 8.67. The molecule has 0 aromatic heterocycles. The van der Waals surface area contributed by atoms with Crippen molar-refractivity contribution in [2.75, 3.05) is 6.61 Å². The second kappa shape index (κ2) is 5.90. The van der Waals surface area contributed by atoms with Crippen LogP contribution in [0.3, 0.4) is 0 Å². The third-order valence-corrected chi connectivity index (χ3v) is 2.23. The third-order valence-electron chi connectivity index (χ3n) is 2.23. The number of hydrogen-bond donors (Lipinski definition) is 1. The summed E-state index contributed by atoms with van der Waals surface area (Å²) in [6.07, 6.45) is -0.954. The maximum atomic E-state index is 11.5. The molecule has 0 unspecified atom stereocenters. The third kappa shape index (κ3) is 5.58. The van der Waals surface area contributed by atoms with Crippen molar-refractivity contribution in [1.29, 1.82) is 0 Å². The van der Waals surface area contributed by atoms with E-state index in [1.54, 1.807) is 20.8 Å². The molecule has 0 spiro atoms. The summed E-state index contributed by atoms with van der Waals surface area (Å²) in [4.78, 5) is 33.6. The lowest BCUT2D eigenvalue weighted by Crippen LogP contribution is -2.41. The second-order valence-corrected chi connectivity index (χ2v) is 5.30. The molecule has 108 valence electrons. The quantitative estimate of drug-likeness (QED) is 0.603. The van der Waals surface area contributed by atoms with E-state index in [-0.39, 0.29) is 13.0 Å². The zero-order valence-electron chi connectivity index (χ0n) is 11.5. The van der Waals surface area contributed by atoms with Crippen LogP contribution in [0.25, 0.3) is 0 Å². The van der Waals surface area contributed by atoms with Crippen LogP contribution < -0.4 is 5.32 Å². The van der Waals surface area contributed by atoms with Gasteiger partial charge in [0.05, 0.1) is 0 Å². The van der Waals surface area contributed by atoms with Gasteiger partial charge in [-0.05, 0) is 20.8 Å². The van der Waals surface area contributed by atoms with Gasteiger partial charge < -0.3 is 19.5 Å². The molecule has 0 aromatic carbocycles. The lowest BCUT2D eigenvalue weighted by Gasteiger charge is -2.20. The van der Waals surface area contributed by atoms with Crippen LogP contribution in [0.15, 0.2) is 0 Å². The number of nitrogens with one attached hydrogen (secondary N) is 1. The topological polar surface area (TPSA) is 90.9 Å². The molecule has 0 aliphatic carbocycles. The number of carbonyl (C=O) groups is 3. The Balaban J connectivity index is 2.41. The smallest absolute Gasteiger partial charge is 0.408 e. The molecule has 1 fully saturated rings. The summed E-state index contributed by atoms with van der Waals surface area (Å²) in [5, 5.41) is 2.43. The predicted molar refractivity (Wildman–Crippen MR) is 64.3 cm³/mol. The number of amides is 1. The minimum atomic E-state index is -0.768. The summed E-state index contributed by atoms with van der Waals surface area (Å²) in [6, 6.07) is -0.768. The lowest BCUT2D eigenvalue weighted by atomic mass is 10.2. The van der Waals surface area contributed by atoms with Gasteiger partial charge in [0.25, 0.3) is 0 Å². The molecule has 0 saturated carbocycles. The van der Waals surface area contributed by atoms with Crippen molar-refractivity contribution in [2.24, 2.45) is 0 Å². The Morgan fingerprint density at radius 1 is 1.42 bits per heavy atom. The fourth-order valence-electron chi connectivity index (χ4n) is 1.53. The number of carbonyl (C=O) groups excluding carboxylic acids is 3. The van der Waals surface area contributed by atoms with Gasteiger partial charge in [0, 0.05) is 13.3 Å². The maximum Gasteiger partial charge on any atom is 0.408 e. The zero-order chi connectivity index (χ0) is 14.6. The van der Waals surface area contributed by atoms with Gasteiger partial charge in [0.15, 0.2) is 0 Å². The standard InChI is InChI=1S/C12H19NO6/c1-7(14)17-6-8-5-9(10(15)18-8)13-11(16)19-12(2,3)4/h8-9H,5-6H2,1-4H3,(H,13,16)/t8-,9+/m1/s1. The van der Waals surface area contributed by atoms with Crippen LogP contribution in [-0.2, 0) is 23.8 Å². The normalized spacial score (nSPS) is 22.6. The molecule has 1 saturated heterocycles. The lowest BCUT2D eigenvalue weighted by molar-refractivity contribution is -0.151. The van der Waals surface area contributed by atoms with E-state index in [9.17, 15) is 14.4 Å². The molecule has 1 aliphatic heterocycles. The summed E-state index contributed by atoms with van der Waals surface area (Å²) >= 11 is 0. The molecule has 0 aromatic rings. The first-order valence-corrected chi connectivity index (χ1v) is 6.01. The van der Waals surface area contributed by atoms with E-state index >= 15 is 0 Å². The van der Waals surface area contributed by atoms with Crippen molar-refractivity contribution in [3.8, 4) is 0 Å². The van der Waals surface area contributed by atoms with Gasteiger partial charge in [0.2, 0.25) is 0 Å². The fourth-order valence-corrected chi connectivity index (χ4v) is 1.53. The Bertz CT molecular complexity index is 373. The van der Waals surface area contributed by atoms with E-state index < -0.39 is 35.8 Å². The fraction of sp³-hybridized carbons (Fsp3) is 0.750. The highest BCUT2D eigenvalue weighted by molar-refractivity contribution is 5.83. The average molecular weight is 273 g/mol. The van der Waals surface area contributed by atoms with E-state index in [0.29, 0.717) is 0 Å². The van der Waals surface area contributed by atoms with Crippen LogP contribution in [0, 0.1) is 0 Å². The molecule has 2 atom stereocenters. The Hall–Kier alpha value is -1.79. The number of hydrogen-bond acceptors (Lipinski definition) is 6. The Morgan fingerprint density at radius 3 is 2.58 bits per heavy atom. The van der Waals surface area contributed by atoms with Crippen molar-refractivity contribution < 1.29 is 28.6 Å². The minimum Gasteiger partial charge on any atom is -0.462 e. The van der Waals surface area contributed by atoms with Gasteiger partial charge in [0.1, 0.15) is 24.4 Å². The maximum absolute atomic E-state index is 11.5. The van der Waals surface area contributed by atoms with Gasteiger partial charge in [-0.1, -0.05) is 0 Å². The second-order valence-electron chi connectivity index (χ2n) is 5.30. The van der Waals surface area contributed by atoms with Crippen LogP contribution >= 0.6 is 0 Å². The Labute approximate surface area is 111 Å². The summed E-state index contributed by atoms with van der Waals surface area (Å²) in [5.41, 5.74) is -0.635. The number of alkyl carbamates (subject to hydrolysis) is 1. The van der Waals surface area contributed by atoms with Crippen LogP contribution in [0.5, 0.6) is 0 Å². The summed E-state index contributed by atoms with van der Waals surface area (Å²) in [5.74, 6) is -0.998. The number of cyclic esters (lactones) is 1. The van der Waals surface area contributed by atoms with Gasteiger partial charge in [-0.2, -0.15) is 0 Å². The van der Waals surface area contributed by atoms with Gasteiger partial charge in [-0.15, -0.1) is 0 Å². The summed E-state index contributed by atoms with van der Waals surface area (Å²) in [6.45, 7) is 6.44. The predicted octanol–water partition coefficient (Wildman–Crippen LogP) is 0.758. The van der Waals surface area contributed by atoms with Gasteiger partial charge >= 0.3 is 18.0 Å². The molecule has 1 amide bonds. The van der Waals surface area contributed by atoms with Gasteiger partial charge in [-0.25, -0.2) is 9.59 Å². The molecular weight excluding hydrogens is 254 g/mol. The van der Waals surface area contributed by atoms with E-state index in [4.69, 9.17) is 14.2 Å². The first-order valence-electron chi connectivity index (χ1n) is 6.01. The molecule has 1 N–H and O–H groups in total. The van der Waals surface area contributed by atoms with Crippen LogP contribution in [-0.4, -0.2) is 42.4 Å². The van der Waals surface area contributed by atoms with E-state index in [1.165, 1.54) is 6.92 Å². The summed E-state index contributed by atoms with van der Waals surface area (Å²) in [7, 11) is 0. The largest absolute Gasteiger partial charge is 0.462 e. The summed E-state index contributed by atoms with van der Waals surface area (Å²) < 4.78 is 14.8. The van der Waals surface area contributed by atoms with E-state index in [2.05, 4.69) is 5.32 Å². The van der Waals surface area contributed by atoms with Gasteiger partial charge in [-0.3, -0.25) is 4.79 Å². The van der Waals surface area contributed by atoms with Crippen molar-refractivity contribution in [2.45, 2.75) is 51.9 Å². The van der Waals surface area contributed by atoms with Crippen molar-refractivity contribution in [3.05, 3.63) is 0 Å². The van der Waals surface area contributed by atoms with Crippen LogP contribution in [0.2, 0.25) is 0 Å². The van der Waals surface area contributed by atoms with Crippen molar-refractivity contribution in [3.63, 3.8) is 0 Å². The van der Waals surface area contributed by atoms with E-state index in [1.807, 2.05) is 0 Å². The Morgan fingerprint density at radius 2 is 2.05 bits per heavy atom.